The van der Waals surface area contributed by atoms with Crippen molar-refractivity contribution in [2.45, 2.75) is 19.8 Å². The van der Waals surface area contributed by atoms with E-state index in [0.29, 0.717) is 0 Å². The Kier molecular flexibility index (Phi) is 3.39. The summed E-state index contributed by atoms with van der Waals surface area (Å²) in [6.07, 6.45) is 2.68. The predicted octanol–water partition coefficient (Wildman–Crippen LogP) is 3.88. The zero-order valence-corrected chi connectivity index (χ0v) is 11.6. The van der Waals surface area contributed by atoms with Gasteiger partial charge >= 0.3 is 0 Å². The van der Waals surface area contributed by atoms with E-state index in [2.05, 4.69) is 0 Å². The summed E-state index contributed by atoms with van der Waals surface area (Å²) >= 11 is 0. The van der Waals surface area contributed by atoms with Crippen molar-refractivity contribution in [3.8, 4) is 0 Å². The van der Waals surface area contributed by atoms with Crippen LogP contribution in [0.1, 0.15) is 30.1 Å². The summed E-state index contributed by atoms with van der Waals surface area (Å²) in [5, 5.41) is 2.24. The van der Waals surface area contributed by atoms with E-state index in [9.17, 15) is 9.59 Å². The predicted molar refractivity (Wildman–Crippen MR) is 79.7 cm³/mol. The van der Waals surface area contributed by atoms with E-state index in [1.165, 1.54) is 0 Å². The van der Waals surface area contributed by atoms with Gasteiger partial charge < -0.3 is 4.79 Å². The monoisotopic (exact) mass is 266 g/mol. The Balaban J connectivity index is 1.91. The van der Waals surface area contributed by atoms with E-state index in [0.717, 1.165) is 35.5 Å². The number of hydrogen-bond donors (Lipinski definition) is 0. The maximum atomic E-state index is 12.6. The first-order chi connectivity index (χ1) is 9.70. The number of carbonyl (C=O) groups excluding carboxylic acids is 2. The molecule has 0 amide bonds. The van der Waals surface area contributed by atoms with Crippen LogP contribution < -0.4 is 0 Å². The quantitative estimate of drug-likeness (QED) is 0.624. The highest BCUT2D eigenvalue weighted by Gasteiger charge is 2.37. The number of benzene rings is 2. The first-order valence-electron chi connectivity index (χ1n) is 7.19. The third-order valence-corrected chi connectivity index (χ3v) is 4.67. The molecule has 0 N–H and O–H groups in total. The SMILES string of the molecule is C[C@@H]1[C@H](C=O)CC[C@H]1C(=O)c1ccc2ccccc2c1. The Labute approximate surface area is 118 Å². The Morgan fingerprint density at radius 1 is 1.10 bits per heavy atom. The van der Waals surface area contributed by atoms with E-state index in [1.807, 2.05) is 49.4 Å². The van der Waals surface area contributed by atoms with Crippen LogP contribution in [0.3, 0.4) is 0 Å². The van der Waals surface area contributed by atoms with Gasteiger partial charge in [0.1, 0.15) is 6.29 Å². The first-order valence-corrected chi connectivity index (χ1v) is 7.19. The van der Waals surface area contributed by atoms with Gasteiger partial charge in [-0.25, -0.2) is 0 Å². The molecule has 0 spiro atoms. The number of aldehydes is 1. The van der Waals surface area contributed by atoms with Gasteiger partial charge in [-0.05, 0) is 35.6 Å². The number of hydrogen-bond acceptors (Lipinski definition) is 2. The number of fused-ring (bicyclic) bond motifs is 1. The summed E-state index contributed by atoms with van der Waals surface area (Å²) < 4.78 is 0. The van der Waals surface area contributed by atoms with Crippen LogP contribution in [-0.2, 0) is 4.79 Å². The molecule has 102 valence electrons. The zero-order valence-electron chi connectivity index (χ0n) is 11.6. The second-order valence-corrected chi connectivity index (χ2v) is 5.77. The molecule has 2 aromatic rings. The topological polar surface area (TPSA) is 34.1 Å². The molecule has 0 aliphatic heterocycles. The van der Waals surface area contributed by atoms with Crippen molar-refractivity contribution >= 4 is 22.8 Å². The molecule has 2 nitrogen and oxygen atoms in total. The standard InChI is InChI=1S/C18H18O2/c1-12-16(11-19)8-9-17(12)18(20)15-7-6-13-4-2-3-5-14(13)10-15/h2-7,10-12,16-17H,8-9H2,1H3/t12-,16+,17-/m1/s1. The van der Waals surface area contributed by atoms with Gasteiger partial charge in [-0.2, -0.15) is 0 Å². The van der Waals surface area contributed by atoms with Crippen LogP contribution in [0, 0.1) is 17.8 Å². The van der Waals surface area contributed by atoms with Crippen molar-refractivity contribution in [1.82, 2.24) is 0 Å². The smallest absolute Gasteiger partial charge is 0.166 e. The van der Waals surface area contributed by atoms with Gasteiger partial charge in [0.15, 0.2) is 5.78 Å². The molecular weight excluding hydrogens is 248 g/mol. The van der Waals surface area contributed by atoms with E-state index >= 15 is 0 Å². The molecule has 0 saturated heterocycles. The Morgan fingerprint density at radius 2 is 1.85 bits per heavy atom. The van der Waals surface area contributed by atoms with Crippen LogP contribution >= 0.6 is 0 Å². The normalized spacial score (nSPS) is 25.8. The summed E-state index contributed by atoms with van der Waals surface area (Å²) in [4.78, 5) is 23.6. The van der Waals surface area contributed by atoms with Gasteiger partial charge in [0.25, 0.3) is 0 Å². The average Bonchev–Trinajstić information content (AvgIpc) is 2.87. The largest absolute Gasteiger partial charge is 0.303 e. The summed E-state index contributed by atoms with van der Waals surface area (Å²) in [6, 6.07) is 13.9. The van der Waals surface area contributed by atoms with Gasteiger partial charge in [-0.15, -0.1) is 0 Å². The van der Waals surface area contributed by atoms with Crippen LogP contribution in [0.4, 0.5) is 0 Å². The maximum Gasteiger partial charge on any atom is 0.166 e. The van der Waals surface area contributed by atoms with Crippen LogP contribution in [0.5, 0.6) is 0 Å². The van der Waals surface area contributed by atoms with E-state index in [4.69, 9.17) is 0 Å². The lowest BCUT2D eigenvalue weighted by Gasteiger charge is -2.16. The number of rotatable bonds is 3. The van der Waals surface area contributed by atoms with Crippen molar-refractivity contribution in [3.05, 3.63) is 48.0 Å². The van der Waals surface area contributed by atoms with Gasteiger partial charge in [-0.3, -0.25) is 4.79 Å². The molecule has 0 radical (unpaired) electrons. The lowest BCUT2D eigenvalue weighted by Crippen LogP contribution is -2.20. The van der Waals surface area contributed by atoms with Gasteiger partial charge in [0.2, 0.25) is 0 Å². The molecule has 0 bridgehead atoms. The summed E-state index contributed by atoms with van der Waals surface area (Å²) in [5.74, 6) is 0.384. The third-order valence-electron chi connectivity index (χ3n) is 4.67. The second kappa shape index (κ2) is 5.20. The van der Waals surface area contributed by atoms with Crippen molar-refractivity contribution in [3.63, 3.8) is 0 Å². The molecule has 0 aromatic heterocycles. The van der Waals surface area contributed by atoms with Gasteiger partial charge in [0.05, 0.1) is 0 Å². The lowest BCUT2D eigenvalue weighted by molar-refractivity contribution is -0.111. The lowest BCUT2D eigenvalue weighted by atomic mass is 9.86. The second-order valence-electron chi connectivity index (χ2n) is 5.77. The fraction of sp³-hybridized carbons (Fsp3) is 0.333. The highest BCUT2D eigenvalue weighted by Crippen LogP contribution is 2.37. The molecule has 1 aliphatic rings. The highest BCUT2D eigenvalue weighted by molar-refractivity contribution is 6.01. The maximum absolute atomic E-state index is 12.6. The molecule has 2 heteroatoms. The molecule has 3 atom stereocenters. The Morgan fingerprint density at radius 3 is 2.55 bits per heavy atom. The van der Waals surface area contributed by atoms with Crippen LogP contribution in [0.25, 0.3) is 10.8 Å². The molecule has 0 heterocycles. The molecule has 1 aliphatic carbocycles. The third kappa shape index (κ3) is 2.15. The fourth-order valence-corrected chi connectivity index (χ4v) is 3.31. The summed E-state index contributed by atoms with van der Waals surface area (Å²) in [5.41, 5.74) is 0.770. The van der Waals surface area contributed by atoms with Gasteiger partial charge in [0, 0.05) is 17.4 Å². The molecule has 20 heavy (non-hydrogen) atoms. The van der Waals surface area contributed by atoms with Crippen LogP contribution in [0.2, 0.25) is 0 Å². The average molecular weight is 266 g/mol. The summed E-state index contributed by atoms with van der Waals surface area (Å²) in [6.45, 7) is 2.02. The van der Waals surface area contributed by atoms with Crippen molar-refractivity contribution in [2.24, 2.45) is 17.8 Å². The fourth-order valence-electron chi connectivity index (χ4n) is 3.31. The van der Waals surface area contributed by atoms with Crippen molar-refractivity contribution in [1.29, 1.82) is 0 Å². The summed E-state index contributed by atoms with van der Waals surface area (Å²) in [7, 11) is 0. The molecule has 1 fully saturated rings. The van der Waals surface area contributed by atoms with Crippen molar-refractivity contribution < 1.29 is 9.59 Å². The molecule has 1 saturated carbocycles. The zero-order chi connectivity index (χ0) is 14.1. The Bertz CT molecular complexity index is 659. The molecular formula is C18H18O2. The molecule has 0 unspecified atom stereocenters. The van der Waals surface area contributed by atoms with Gasteiger partial charge in [-0.1, -0.05) is 43.3 Å². The number of ketones is 1. The number of Topliss-reactive ketones (excluding diaryl/α,β-unsaturated/α-hetero) is 1. The minimum atomic E-state index is -0.00800. The number of carbonyl (C=O) groups is 2. The first kappa shape index (κ1) is 13.0. The van der Waals surface area contributed by atoms with E-state index in [1.54, 1.807) is 0 Å². The minimum Gasteiger partial charge on any atom is -0.303 e. The van der Waals surface area contributed by atoms with E-state index < -0.39 is 0 Å². The van der Waals surface area contributed by atoms with Crippen LogP contribution in [-0.4, -0.2) is 12.1 Å². The highest BCUT2D eigenvalue weighted by atomic mass is 16.1. The van der Waals surface area contributed by atoms with E-state index in [-0.39, 0.29) is 23.5 Å². The Hall–Kier alpha value is -1.96. The minimum absolute atomic E-state index is 0.00800. The molecule has 3 rings (SSSR count). The van der Waals surface area contributed by atoms with Crippen molar-refractivity contribution in [2.75, 3.05) is 0 Å². The van der Waals surface area contributed by atoms with Crippen LogP contribution in [0.15, 0.2) is 42.5 Å². The molecule has 2 aromatic carbocycles.